The molecule has 10 heavy (non-hydrogen) atoms. The van der Waals surface area contributed by atoms with E-state index in [-0.39, 0.29) is 6.42 Å². The lowest BCUT2D eigenvalue weighted by Crippen LogP contribution is -2.35. The molecule has 0 unspecified atom stereocenters. The summed E-state index contributed by atoms with van der Waals surface area (Å²) in [7, 11) is 0. The number of aliphatic hydroxyl groups is 3. The van der Waals surface area contributed by atoms with Gasteiger partial charge in [-0.25, -0.2) is 0 Å². The SMILES string of the molecule is CCC(=O)[C@H](O)[C@H](O)CO. The number of rotatable bonds is 4. The Balaban J connectivity index is 3.81. The third-order valence-corrected chi connectivity index (χ3v) is 1.23. The molecule has 0 aliphatic rings. The van der Waals surface area contributed by atoms with Crippen molar-refractivity contribution in [2.75, 3.05) is 6.61 Å². The van der Waals surface area contributed by atoms with E-state index in [0.717, 1.165) is 0 Å². The maximum Gasteiger partial charge on any atom is 0.163 e. The highest BCUT2D eigenvalue weighted by molar-refractivity contribution is 5.83. The summed E-state index contributed by atoms with van der Waals surface area (Å²) >= 11 is 0. The number of carbonyl (C=O) groups is 1. The lowest BCUT2D eigenvalue weighted by Gasteiger charge is -2.12. The van der Waals surface area contributed by atoms with Gasteiger partial charge in [-0.3, -0.25) is 4.79 Å². The van der Waals surface area contributed by atoms with Crippen LogP contribution in [0.4, 0.5) is 0 Å². The summed E-state index contributed by atoms with van der Waals surface area (Å²) in [6.45, 7) is 0.989. The second-order valence-corrected chi connectivity index (χ2v) is 2.01. The molecule has 0 aromatic rings. The van der Waals surface area contributed by atoms with Gasteiger partial charge in [0.2, 0.25) is 0 Å². The summed E-state index contributed by atoms with van der Waals surface area (Å²) in [6, 6.07) is 0. The van der Waals surface area contributed by atoms with Gasteiger partial charge in [0.25, 0.3) is 0 Å². The summed E-state index contributed by atoms with van der Waals surface area (Å²) in [5, 5.41) is 25.8. The molecule has 2 atom stereocenters. The van der Waals surface area contributed by atoms with Crippen LogP contribution in [0.25, 0.3) is 0 Å². The van der Waals surface area contributed by atoms with Crippen LogP contribution in [-0.2, 0) is 4.79 Å². The number of Topliss-reactive ketones (excluding diaryl/α,β-unsaturated/α-hetero) is 1. The third-order valence-electron chi connectivity index (χ3n) is 1.23. The Bertz CT molecular complexity index is 112. The topological polar surface area (TPSA) is 77.8 Å². The van der Waals surface area contributed by atoms with Crippen LogP contribution in [0.1, 0.15) is 13.3 Å². The molecule has 0 aromatic carbocycles. The predicted octanol–water partition coefficient (Wildman–Crippen LogP) is -1.32. The molecule has 4 nitrogen and oxygen atoms in total. The highest BCUT2D eigenvalue weighted by Crippen LogP contribution is 1.96. The minimum absolute atomic E-state index is 0.165. The second-order valence-electron chi connectivity index (χ2n) is 2.01. The van der Waals surface area contributed by atoms with Gasteiger partial charge in [0.1, 0.15) is 12.2 Å². The first-order valence-corrected chi connectivity index (χ1v) is 3.13. The molecule has 0 aromatic heterocycles. The summed E-state index contributed by atoms with van der Waals surface area (Å²) in [4.78, 5) is 10.6. The van der Waals surface area contributed by atoms with Crippen LogP contribution < -0.4 is 0 Å². The van der Waals surface area contributed by atoms with E-state index in [0.29, 0.717) is 0 Å². The van der Waals surface area contributed by atoms with E-state index in [1.54, 1.807) is 6.92 Å². The van der Waals surface area contributed by atoms with E-state index in [1.807, 2.05) is 0 Å². The van der Waals surface area contributed by atoms with E-state index < -0.39 is 24.6 Å². The van der Waals surface area contributed by atoms with Gasteiger partial charge >= 0.3 is 0 Å². The molecule has 0 radical (unpaired) electrons. The van der Waals surface area contributed by atoms with Gasteiger partial charge in [-0.05, 0) is 0 Å². The van der Waals surface area contributed by atoms with Crippen molar-refractivity contribution in [2.24, 2.45) is 0 Å². The smallest absolute Gasteiger partial charge is 0.163 e. The van der Waals surface area contributed by atoms with Crippen molar-refractivity contribution in [3.05, 3.63) is 0 Å². The highest BCUT2D eigenvalue weighted by Gasteiger charge is 2.21. The average Bonchev–Trinajstić information content (AvgIpc) is 2.00. The lowest BCUT2D eigenvalue weighted by molar-refractivity contribution is -0.134. The van der Waals surface area contributed by atoms with Gasteiger partial charge in [0, 0.05) is 6.42 Å². The van der Waals surface area contributed by atoms with Gasteiger partial charge in [0.15, 0.2) is 5.78 Å². The van der Waals surface area contributed by atoms with Crippen LogP contribution in [0.5, 0.6) is 0 Å². The zero-order valence-corrected chi connectivity index (χ0v) is 5.82. The first-order chi connectivity index (χ1) is 4.63. The molecule has 0 rings (SSSR count). The largest absolute Gasteiger partial charge is 0.394 e. The summed E-state index contributed by atoms with van der Waals surface area (Å²) in [6.07, 6.45) is -2.61. The van der Waals surface area contributed by atoms with E-state index >= 15 is 0 Å². The fourth-order valence-electron chi connectivity index (χ4n) is 0.524. The molecular weight excluding hydrogens is 136 g/mol. The van der Waals surface area contributed by atoms with Crippen molar-refractivity contribution < 1.29 is 20.1 Å². The van der Waals surface area contributed by atoms with Crippen molar-refractivity contribution in [2.45, 2.75) is 25.6 Å². The average molecular weight is 148 g/mol. The Hall–Kier alpha value is -0.450. The van der Waals surface area contributed by atoms with Gasteiger partial charge in [-0.2, -0.15) is 0 Å². The number of hydrogen-bond acceptors (Lipinski definition) is 4. The fourth-order valence-corrected chi connectivity index (χ4v) is 0.524. The molecule has 60 valence electrons. The monoisotopic (exact) mass is 148 g/mol. The molecule has 4 heteroatoms. The van der Waals surface area contributed by atoms with Crippen LogP contribution in [0.15, 0.2) is 0 Å². The molecule has 0 saturated heterocycles. The minimum atomic E-state index is -1.44. The van der Waals surface area contributed by atoms with Crippen LogP contribution in [0.2, 0.25) is 0 Å². The van der Waals surface area contributed by atoms with Crippen LogP contribution in [-0.4, -0.2) is 39.9 Å². The first-order valence-electron chi connectivity index (χ1n) is 3.13. The molecule has 3 N–H and O–H groups in total. The van der Waals surface area contributed by atoms with Gasteiger partial charge in [-0.1, -0.05) is 6.92 Å². The van der Waals surface area contributed by atoms with E-state index in [2.05, 4.69) is 0 Å². The fraction of sp³-hybridized carbons (Fsp3) is 0.833. The van der Waals surface area contributed by atoms with E-state index in [9.17, 15) is 4.79 Å². The molecule has 0 aliphatic carbocycles. The minimum Gasteiger partial charge on any atom is -0.394 e. The third kappa shape index (κ3) is 2.43. The zero-order chi connectivity index (χ0) is 8.15. The molecule has 0 saturated carbocycles. The Morgan fingerprint density at radius 3 is 2.30 bits per heavy atom. The molecule has 0 fully saturated rings. The van der Waals surface area contributed by atoms with E-state index in [1.165, 1.54) is 0 Å². The van der Waals surface area contributed by atoms with Crippen LogP contribution in [0.3, 0.4) is 0 Å². The summed E-state index contributed by atoms with van der Waals surface area (Å²) < 4.78 is 0. The van der Waals surface area contributed by atoms with Gasteiger partial charge < -0.3 is 15.3 Å². The van der Waals surface area contributed by atoms with Crippen molar-refractivity contribution in [3.8, 4) is 0 Å². The quantitative estimate of drug-likeness (QED) is 0.462. The van der Waals surface area contributed by atoms with Crippen molar-refractivity contribution in [1.82, 2.24) is 0 Å². The number of ketones is 1. The molecule has 0 amide bonds. The molecular formula is C6H12O4. The molecule has 0 spiro atoms. The lowest BCUT2D eigenvalue weighted by atomic mass is 10.1. The Kier molecular flexibility index (Phi) is 4.18. The van der Waals surface area contributed by atoms with Gasteiger partial charge in [-0.15, -0.1) is 0 Å². The summed E-state index contributed by atoms with van der Waals surface area (Å²) in [5.41, 5.74) is 0. The Labute approximate surface area is 59.1 Å². The first kappa shape index (κ1) is 9.55. The van der Waals surface area contributed by atoms with Crippen LogP contribution >= 0.6 is 0 Å². The predicted molar refractivity (Wildman–Crippen MR) is 34.4 cm³/mol. The normalized spacial score (nSPS) is 16.4. The number of carbonyl (C=O) groups excluding carboxylic acids is 1. The highest BCUT2D eigenvalue weighted by atomic mass is 16.4. The Morgan fingerprint density at radius 2 is 2.00 bits per heavy atom. The number of aliphatic hydroxyl groups excluding tert-OH is 3. The van der Waals surface area contributed by atoms with Crippen LogP contribution in [0, 0.1) is 0 Å². The summed E-state index contributed by atoms with van der Waals surface area (Å²) in [5.74, 6) is -0.457. The second kappa shape index (κ2) is 4.38. The van der Waals surface area contributed by atoms with Crippen molar-refractivity contribution >= 4 is 5.78 Å². The molecule has 0 bridgehead atoms. The standard InChI is InChI=1S/C6H12O4/c1-2-4(8)6(10)5(9)3-7/h5-7,9-10H,2-3H2,1H3/t5-,6+/m1/s1. The van der Waals surface area contributed by atoms with Crippen molar-refractivity contribution in [1.29, 1.82) is 0 Å². The van der Waals surface area contributed by atoms with Gasteiger partial charge in [0.05, 0.1) is 6.61 Å². The maximum absolute atomic E-state index is 10.6. The van der Waals surface area contributed by atoms with E-state index in [4.69, 9.17) is 15.3 Å². The maximum atomic E-state index is 10.6. The van der Waals surface area contributed by atoms with Crippen molar-refractivity contribution in [3.63, 3.8) is 0 Å². The Morgan fingerprint density at radius 1 is 1.50 bits per heavy atom. The molecule has 0 heterocycles. The zero-order valence-electron chi connectivity index (χ0n) is 5.82. The number of hydrogen-bond donors (Lipinski definition) is 3. The molecule has 0 aliphatic heterocycles.